The van der Waals surface area contributed by atoms with Crippen LogP contribution in [-0.4, -0.2) is 41.3 Å². The third-order valence-corrected chi connectivity index (χ3v) is 4.37. The molecule has 0 aliphatic carbocycles. The number of anilines is 1. The number of ether oxygens (including phenoxy) is 2. The number of aromatic nitrogens is 3. The van der Waals surface area contributed by atoms with Gasteiger partial charge < -0.3 is 14.5 Å². The van der Waals surface area contributed by atoms with E-state index < -0.39 is 12.7 Å². The number of benzene rings is 1. The minimum Gasteiger partial charge on any atom is -0.429 e. The fourth-order valence-electron chi connectivity index (χ4n) is 3.17. The second-order valence-corrected chi connectivity index (χ2v) is 6.11. The van der Waals surface area contributed by atoms with Gasteiger partial charge in [0.1, 0.15) is 18.5 Å². The molecular formula is C18H15F2N5O2. The molecule has 2 aromatic heterocycles. The minimum atomic E-state index is -3.42. The third-order valence-electron chi connectivity index (χ3n) is 4.37. The molecule has 0 saturated heterocycles. The van der Waals surface area contributed by atoms with Crippen molar-refractivity contribution in [2.24, 2.45) is 0 Å². The van der Waals surface area contributed by atoms with E-state index in [4.69, 9.17) is 9.47 Å². The highest BCUT2D eigenvalue weighted by Crippen LogP contribution is 2.41. The van der Waals surface area contributed by atoms with Gasteiger partial charge in [-0.1, -0.05) is 0 Å². The Balaban J connectivity index is 1.84. The van der Waals surface area contributed by atoms with Gasteiger partial charge in [0.15, 0.2) is 11.9 Å². The van der Waals surface area contributed by atoms with Gasteiger partial charge in [-0.05, 0) is 30.2 Å². The molecule has 138 valence electrons. The summed E-state index contributed by atoms with van der Waals surface area (Å²) < 4.78 is 37.1. The van der Waals surface area contributed by atoms with Gasteiger partial charge in [0.25, 0.3) is 0 Å². The number of hydrogen-bond donors (Lipinski definition) is 1. The SMILES string of the molecule is COCCc1c[nH]c2ncnc(-c3ccc4c(c3)N(C#N)CC(F)(F)O4)c12. The summed E-state index contributed by atoms with van der Waals surface area (Å²) in [7, 11) is 1.63. The molecule has 3 aromatic rings. The molecule has 4 rings (SSSR count). The summed E-state index contributed by atoms with van der Waals surface area (Å²) in [6.45, 7) is -0.293. The second-order valence-electron chi connectivity index (χ2n) is 6.11. The first-order valence-corrected chi connectivity index (χ1v) is 8.21. The van der Waals surface area contributed by atoms with E-state index in [2.05, 4.69) is 15.0 Å². The van der Waals surface area contributed by atoms with Crippen molar-refractivity contribution in [1.29, 1.82) is 5.26 Å². The lowest BCUT2D eigenvalue weighted by atomic mass is 10.0. The zero-order valence-corrected chi connectivity index (χ0v) is 14.4. The Hall–Kier alpha value is -3.25. The highest BCUT2D eigenvalue weighted by molar-refractivity contribution is 5.94. The summed E-state index contributed by atoms with van der Waals surface area (Å²) in [6.07, 6.45) is 2.32. The normalized spacial score (nSPS) is 15.3. The molecule has 0 spiro atoms. The molecule has 0 saturated carbocycles. The average molecular weight is 371 g/mol. The van der Waals surface area contributed by atoms with E-state index >= 15 is 0 Å². The van der Waals surface area contributed by atoms with Crippen molar-refractivity contribution in [2.45, 2.75) is 12.5 Å². The Labute approximate surface area is 153 Å². The summed E-state index contributed by atoms with van der Waals surface area (Å²) in [5.41, 5.74) is 3.25. The number of rotatable bonds is 4. The predicted octanol–water partition coefficient (Wildman–Crippen LogP) is 3.09. The fraction of sp³-hybridized carbons (Fsp3) is 0.278. The molecule has 0 amide bonds. The van der Waals surface area contributed by atoms with Crippen LogP contribution < -0.4 is 9.64 Å². The standard InChI is InChI=1S/C18H15F2N5O2/c1-26-5-4-12-7-22-17-15(12)16(23-10-24-17)11-2-3-14-13(6-11)25(9-21)8-18(19,20)27-14/h2-3,6-7,10H,4-5,8H2,1H3,(H,22,23,24). The lowest BCUT2D eigenvalue weighted by Crippen LogP contribution is -2.42. The molecule has 1 N–H and O–H groups in total. The highest BCUT2D eigenvalue weighted by atomic mass is 19.3. The van der Waals surface area contributed by atoms with Crippen molar-refractivity contribution in [3.63, 3.8) is 0 Å². The van der Waals surface area contributed by atoms with E-state index in [0.29, 0.717) is 29.9 Å². The van der Waals surface area contributed by atoms with Crippen LogP contribution in [0.5, 0.6) is 5.75 Å². The molecule has 1 aliphatic heterocycles. The maximum atomic E-state index is 13.6. The molecule has 1 aromatic carbocycles. The first kappa shape index (κ1) is 17.2. The molecule has 7 nitrogen and oxygen atoms in total. The van der Waals surface area contributed by atoms with Crippen LogP contribution in [0.3, 0.4) is 0 Å². The number of halogens is 2. The summed E-state index contributed by atoms with van der Waals surface area (Å²) in [5.74, 6) is -0.0458. The fourth-order valence-corrected chi connectivity index (χ4v) is 3.17. The first-order chi connectivity index (χ1) is 13.0. The number of methoxy groups -OCH3 is 1. The van der Waals surface area contributed by atoms with Crippen molar-refractivity contribution in [1.82, 2.24) is 15.0 Å². The van der Waals surface area contributed by atoms with Gasteiger partial charge in [-0.15, -0.1) is 0 Å². The second kappa shape index (κ2) is 6.48. The minimum absolute atomic E-state index is 0.0458. The molecule has 1 aliphatic rings. The summed E-state index contributed by atoms with van der Waals surface area (Å²) in [4.78, 5) is 12.7. The number of nitrogens with one attached hydrogen (secondary N) is 1. The van der Waals surface area contributed by atoms with Crippen molar-refractivity contribution in [3.05, 3.63) is 36.3 Å². The van der Waals surface area contributed by atoms with Crippen LogP contribution in [0.15, 0.2) is 30.7 Å². The highest BCUT2D eigenvalue weighted by Gasteiger charge is 2.41. The number of aromatic amines is 1. The zero-order chi connectivity index (χ0) is 19.0. The van der Waals surface area contributed by atoms with Crippen LogP contribution in [0.1, 0.15) is 5.56 Å². The van der Waals surface area contributed by atoms with Crippen LogP contribution >= 0.6 is 0 Å². The number of alkyl halides is 2. The van der Waals surface area contributed by atoms with Gasteiger partial charge in [0.2, 0.25) is 0 Å². The van der Waals surface area contributed by atoms with Crippen LogP contribution in [-0.2, 0) is 11.2 Å². The molecule has 0 fully saturated rings. The molecular weight excluding hydrogens is 356 g/mol. The summed E-state index contributed by atoms with van der Waals surface area (Å²) in [6, 6.07) is 4.70. The predicted molar refractivity (Wildman–Crippen MR) is 93.4 cm³/mol. The van der Waals surface area contributed by atoms with Crippen LogP contribution in [0.2, 0.25) is 0 Å². The molecule has 27 heavy (non-hydrogen) atoms. The maximum Gasteiger partial charge on any atom is 0.417 e. The largest absolute Gasteiger partial charge is 0.429 e. The van der Waals surface area contributed by atoms with Crippen LogP contribution in [0, 0.1) is 11.5 Å². The van der Waals surface area contributed by atoms with Crippen molar-refractivity contribution >= 4 is 16.7 Å². The monoisotopic (exact) mass is 371 g/mol. The maximum absolute atomic E-state index is 13.6. The van der Waals surface area contributed by atoms with Crippen LogP contribution in [0.4, 0.5) is 14.5 Å². The lowest BCUT2D eigenvalue weighted by molar-refractivity contribution is -0.170. The first-order valence-electron chi connectivity index (χ1n) is 8.21. The number of hydrogen-bond acceptors (Lipinski definition) is 6. The van der Waals surface area contributed by atoms with E-state index in [1.165, 1.54) is 12.4 Å². The van der Waals surface area contributed by atoms with E-state index in [0.717, 1.165) is 15.8 Å². The molecule has 0 bridgehead atoms. The van der Waals surface area contributed by atoms with E-state index in [1.807, 2.05) is 6.20 Å². The Kier molecular flexibility index (Phi) is 4.12. The van der Waals surface area contributed by atoms with Gasteiger partial charge >= 0.3 is 6.11 Å². The number of H-pyrrole nitrogens is 1. The number of nitriles is 1. The Bertz CT molecular complexity index is 1040. The van der Waals surface area contributed by atoms with E-state index in [9.17, 15) is 14.0 Å². The molecule has 0 radical (unpaired) electrons. The van der Waals surface area contributed by atoms with Crippen molar-refractivity contribution in [3.8, 4) is 23.2 Å². The Morgan fingerprint density at radius 1 is 1.41 bits per heavy atom. The Morgan fingerprint density at radius 2 is 2.26 bits per heavy atom. The van der Waals surface area contributed by atoms with E-state index in [1.54, 1.807) is 25.4 Å². The lowest BCUT2D eigenvalue weighted by Gasteiger charge is -2.31. The van der Waals surface area contributed by atoms with Crippen LogP contribution in [0.25, 0.3) is 22.3 Å². The summed E-state index contributed by atoms with van der Waals surface area (Å²) >= 11 is 0. The van der Waals surface area contributed by atoms with Gasteiger partial charge in [-0.2, -0.15) is 14.0 Å². The van der Waals surface area contributed by atoms with Gasteiger partial charge in [-0.3, -0.25) is 4.90 Å². The zero-order valence-electron chi connectivity index (χ0n) is 14.4. The quantitative estimate of drug-likeness (QED) is 0.709. The van der Waals surface area contributed by atoms with Gasteiger partial charge in [-0.25, -0.2) is 9.97 Å². The number of fused-ring (bicyclic) bond motifs is 2. The van der Waals surface area contributed by atoms with E-state index in [-0.39, 0.29) is 11.4 Å². The Morgan fingerprint density at radius 3 is 3.04 bits per heavy atom. The molecule has 0 unspecified atom stereocenters. The molecule has 0 atom stereocenters. The van der Waals surface area contributed by atoms with Crippen molar-refractivity contribution in [2.75, 3.05) is 25.2 Å². The molecule has 9 heteroatoms. The van der Waals surface area contributed by atoms with Crippen molar-refractivity contribution < 1.29 is 18.3 Å². The average Bonchev–Trinajstić information content (AvgIpc) is 3.08. The number of nitrogens with zero attached hydrogens (tertiary/aromatic N) is 4. The molecule has 3 heterocycles. The summed E-state index contributed by atoms with van der Waals surface area (Å²) in [5, 5.41) is 10.1. The topological polar surface area (TPSA) is 87.1 Å². The van der Waals surface area contributed by atoms with Gasteiger partial charge in [0, 0.05) is 24.3 Å². The smallest absolute Gasteiger partial charge is 0.417 e. The third kappa shape index (κ3) is 3.04. The van der Waals surface area contributed by atoms with Gasteiger partial charge in [0.05, 0.1) is 18.0 Å².